The third kappa shape index (κ3) is 2.93. The summed E-state index contributed by atoms with van der Waals surface area (Å²) in [4.78, 5) is 6.84. The Morgan fingerprint density at radius 3 is 3.00 bits per heavy atom. The van der Waals surface area contributed by atoms with Gasteiger partial charge in [-0.1, -0.05) is 12.2 Å². The molecule has 0 amide bonds. The largest absolute Gasteiger partial charge is 0.393 e. The molecule has 1 aromatic heterocycles. The van der Waals surface area contributed by atoms with Crippen molar-refractivity contribution in [3.63, 3.8) is 0 Å². The van der Waals surface area contributed by atoms with E-state index >= 15 is 0 Å². The van der Waals surface area contributed by atoms with E-state index in [1.54, 1.807) is 17.5 Å². The fourth-order valence-electron chi connectivity index (χ4n) is 1.01. The molecule has 0 aliphatic rings. The Kier molecular flexibility index (Phi) is 3.62. The van der Waals surface area contributed by atoms with Crippen molar-refractivity contribution in [2.45, 2.75) is 19.4 Å². The number of thiazole rings is 1. The van der Waals surface area contributed by atoms with Crippen LogP contribution in [0.4, 0.5) is 5.13 Å². The van der Waals surface area contributed by atoms with Gasteiger partial charge in [0, 0.05) is 31.1 Å². The van der Waals surface area contributed by atoms with E-state index in [2.05, 4.69) is 16.8 Å². The van der Waals surface area contributed by atoms with Crippen LogP contribution in [0.2, 0.25) is 0 Å². The summed E-state index contributed by atoms with van der Waals surface area (Å²) in [5.74, 6) is 0. The van der Waals surface area contributed by atoms with Crippen molar-refractivity contribution in [1.29, 1.82) is 0 Å². The summed E-state index contributed by atoms with van der Waals surface area (Å²) in [6.07, 6.45) is 2.52. The predicted molar refractivity (Wildman–Crippen MR) is 61.4 cm³/mol. The van der Waals surface area contributed by atoms with Crippen LogP contribution in [0, 0.1) is 0 Å². The zero-order valence-corrected chi connectivity index (χ0v) is 9.36. The van der Waals surface area contributed by atoms with Crippen molar-refractivity contribution in [3.8, 4) is 0 Å². The quantitative estimate of drug-likeness (QED) is 0.775. The van der Waals surface area contributed by atoms with Crippen molar-refractivity contribution >= 4 is 33.7 Å². The van der Waals surface area contributed by atoms with Gasteiger partial charge in [-0.25, -0.2) is 4.98 Å². The van der Waals surface area contributed by atoms with Gasteiger partial charge >= 0.3 is 0 Å². The van der Waals surface area contributed by atoms with E-state index in [4.69, 9.17) is 18.0 Å². The van der Waals surface area contributed by atoms with Gasteiger partial charge in [0.1, 0.15) is 0 Å². The van der Waals surface area contributed by atoms with Crippen molar-refractivity contribution in [3.05, 3.63) is 11.6 Å². The Bertz CT molecular complexity index is 271. The fraction of sp³-hybridized carbons (Fsp3) is 0.500. The molecular formula is C8H13N3S2. The number of nitrogens with two attached hydrogens (primary N) is 1. The van der Waals surface area contributed by atoms with E-state index in [-0.39, 0.29) is 0 Å². The average Bonchev–Trinajstić information content (AvgIpc) is 2.53. The van der Waals surface area contributed by atoms with Crippen molar-refractivity contribution in [2.75, 3.05) is 11.9 Å². The summed E-state index contributed by atoms with van der Waals surface area (Å²) in [7, 11) is 2.00. The Hall–Kier alpha value is -0.680. The minimum Gasteiger partial charge on any atom is -0.393 e. The summed E-state index contributed by atoms with van der Waals surface area (Å²) in [5.41, 5.74) is 5.47. The Labute approximate surface area is 87.6 Å². The molecule has 0 aliphatic heterocycles. The number of thiocarbonyl (C=S) groups is 1. The molecule has 3 nitrogen and oxygen atoms in total. The molecule has 1 unspecified atom stereocenters. The highest BCUT2D eigenvalue weighted by molar-refractivity contribution is 7.80. The lowest BCUT2D eigenvalue weighted by molar-refractivity contribution is 0.712. The third-order valence-corrected chi connectivity index (χ3v) is 2.91. The van der Waals surface area contributed by atoms with Crippen LogP contribution < -0.4 is 10.6 Å². The van der Waals surface area contributed by atoms with Crippen LogP contribution in [0.3, 0.4) is 0 Å². The van der Waals surface area contributed by atoms with Gasteiger partial charge in [0.05, 0.1) is 4.99 Å². The van der Waals surface area contributed by atoms with Crippen molar-refractivity contribution in [1.82, 2.24) is 4.98 Å². The molecule has 0 fully saturated rings. The number of nitrogens with zero attached hydrogens (tertiary/aromatic N) is 2. The maximum atomic E-state index is 5.47. The van der Waals surface area contributed by atoms with Crippen LogP contribution in [0.1, 0.15) is 13.3 Å². The lowest BCUT2D eigenvalue weighted by Crippen LogP contribution is -2.32. The van der Waals surface area contributed by atoms with E-state index in [1.165, 1.54) is 0 Å². The van der Waals surface area contributed by atoms with Gasteiger partial charge in [0.15, 0.2) is 5.13 Å². The molecule has 0 aromatic carbocycles. The fourth-order valence-corrected chi connectivity index (χ4v) is 1.96. The maximum absolute atomic E-state index is 5.47. The third-order valence-electron chi connectivity index (χ3n) is 1.88. The topological polar surface area (TPSA) is 42.1 Å². The van der Waals surface area contributed by atoms with E-state index in [1.807, 2.05) is 12.4 Å². The van der Waals surface area contributed by atoms with E-state index in [0.29, 0.717) is 11.0 Å². The molecule has 0 saturated carbocycles. The molecule has 1 atom stereocenters. The highest BCUT2D eigenvalue weighted by atomic mass is 32.1. The lowest BCUT2D eigenvalue weighted by atomic mass is 10.2. The molecule has 0 radical (unpaired) electrons. The number of anilines is 1. The molecule has 2 N–H and O–H groups in total. The molecule has 1 rings (SSSR count). The lowest BCUT2D eigenvalue weighted by Gasteiger charge is -2.23. The molecule has 0 aliphatic carbocycles. The van der Waals surface area contributed by atoms with Gasteiger partial charge in [-0.3, -0.25) is 0 Å². The second-order valence-electron chi connectivity index (χ2n) is 2.95. The predicted octanol–water partition coefficient (Wildman–Crippen LogP) is 1.64. The normalized spacial score (nSPS) is 12.5. The molecular weight excluding hydrogens is 202 g/mol. The second kappa shape index (κ2) is 4.53. The van der Waals surface area contributed by atoms with Crippen LogP contribution in [-0.2, 0) is 0 Å². The SMILES string of the molecule is CC(CC(N)=S)N(C)c1nccs1. The summed E-state index contributed by atoms with van der Waals surface area (Å²) in [5, 5.41) is 2.96. The van der Waals surface area contributed by atoms with Crippen LogP contribution >= 0.6 is 23.6 Å². The monoisotopic (exact) mass is 215 g/mol. The zero-order chi connectivity index (χ0) is 9.84. The maximum Gasteiger partial charge on any atom is 0.185 e. The first kappa shape index (κ1) is 10.4. The molecule has 0 bridgehead atoms. The van der Waals surface area contributed by atoms with Crippen molar-refractivity contribution in [2.24, 2.45) is 5.73 Å². The highest BCUT2D eigenvalue weighted by Crippen LogP contribution is 2.18. The first-order valence-electron chi connectivity index (χ1n) is 4.02. The standard InChI is InChI=1S/C8H13N3S2/c1-6(5-7(9)12)11(2)8-10-3-4-13-8/h3-4,6H,5H2,1-2H3,(H2,9,12). The molecule has 72 valence electrons. The number of rotatable bonds is 4. The minimum absolute atomic E-state index is 0.309. The second-order valence-corrected chi connectivity index (χ2v) is 4.34. The number of aromatic nitrogens is 1. The van der Waals surface area contributed by atoms with Gasteiger partial charge < -0.3 is 10.6 Å². The minimum atomic E-state index is 0.309. The Balaban J connectivity index is 2.57. The first-order valence-corrected chi connectivity index (χ1v) is 5.30. The summed E-state index contributed by atoms with van der Waals surface area (Å²) >= 11 is 6.47. The summed E-state index contributed by atoms with van der Waals surface area (Å²) in [6.45, 7) is 2.08. The van der Waals surface area contributed by atoms with E-state index < -0.39 is 0 Å². The molecule has 0 saturated heterocycles. The van der Waals surface area contributed by atoms with Crippen LogP contribution in [0.15, 0.2) is 11.6 Å². The highest BCUT2D eigenvalue weighted by Gasteiger charge is 2.12. The van der Waals surface area contributed by atoms with Gasteiger partial charge in [-0.05, 0) is 6.92 Å². The van der Waals surface area contributed by atoms with Gasteiger partial charge in [-0.15, -0.1) is 11.3 Å². The van der Waals surface area contributed by atoms with Crippen LogP contribution in [-0.4, -0.2) is 23.1 Å². The molecule has 1 heterocycles. The molecule has 1 aromatic rings. The Morgan fingerprint density at radius 1 is 1.85 bits per heavy atom. The number of hydrogen-bond donors (Lipinski definition) is 1. The smallest absolute Gasteiger partial charge is 0.185 e. The summed E-state index contributed by atoms with van der Waals surface area (Å²) in [6, 6.07) is 0.309. The van der Waals surface area contributed by atoms with Crippen LogP contribution in [0.5, 0.6) is 0 Å². The van der Waals surface area contributed by atoms with Crippen molar-refractivity contribution < 1.29 is 0 Å². The Morgan fingerprint density at radius 2 is 2.54 bits per heavy atom. The summed E-state index contributed by atoms with van der Waals surface area (Å²) < 4.78 is 0. The molecule has 0 spiro atoms. The van der Waals surface area contributed by atoms with E-state index in [0.717, 1.165) is 11.6 Å². The average molecular weight is 215 g/mol. The molecule has 5 heteroatoms. The van der Waals surface area contributed by atoms with Crippen LogP contribution in [0.25, 0.3) is 0 Å². The zero-order valence-electron chi connectivity index (χ0n) is 7.73. The van der Waals surface area contributed by atoms with Gasteiger partial charge in [0.25, 0.3) is 0 Å². The van der Waals surface area contributed by atoms with E-state index in [9.17, 15) is 0 Å². The first-order chi connectivity index (χ1) is 6.11. The number of hydrogen-bond acceptors (Lipinski definition) is 4. The molecule has 13 heavy (non-hydrogen) atoms. The van der Waals surface area contributed by atoms with Gasteiger partial charge in [0.2, 0.25) is 0 Å². The van der Waals surface area contributed by atoms with Gasteiger partial charge in [-0.2, -0.15) is 0 Å².